The van der Waals surface area contributed by atoms with Crippen molar-refractivity contribution in [1.29, 1.82) is 0 Å². The van der Waals surface area contributed by atoms with Crippen molar-refractivity contribution in [3.05, 3.63) is 70.7 Å². The summed E-state index contributed by atoms with van der Waals surface area (Å²) in [5, 5.41) is 1.32. The molecule has 0 saturated carbocycles. The second kappa shape index (κ2) is 8.62. The molecule has 0 aliphatic heterocycles. The van der Waals surface area contributed by atoms with Crippen LogP contribution in [0.4, 0.5) is 5.13 Å². The molecule has 2 aromatic heterocycles. The number of anilines is 1. The van der Waals surface area contributed by atoms with Crippen LogP contribution in [0.1, 0.15) is 29.0 Å². The number of rotatable bonds is 6. The zero-order valence-electron chi connectivity index (χ0n) is 16.4. The first-order valence-electron chi connectivity index (χ1n) is 10.1. The molecule has 7 heteroatoms. The summed E-state index contributed by atoms with van der Waals surface area (Å²) in [6.07, 6.45) is 4.46. The maximum atomic E-state index is 13.3. The van der Waals surface area contributed by atoms with Gasteiger partial charge in [0, 0.05) is 4.88 Å². The Morgan fingerprint density at radius 1 is 1.03 bits per heavy atom. The zero-order chi connectivity index (χ0) is 20.3. The summed E-state index contributed by atoms with van der Waals surface area (Å²) in [6.45, 7) is 0.514. The van der Waals surface area contributed by atoms with Gasteiger partial charge in [0.25, 0.3) is 5.22 Å². The maximum absolute atomic E-state index is 13.3. The lowest BCUT2D eigenvalue weighted by Gasteiger charge is -2.19. The zero-order valence-corrected chi connectivity index (χ0v) is 18.0. The van der Waals surface area contributed by atoms with Crippen LogP contribution in [0.25, 0.3) is 11.1 Å². The van der Waals surface area contributed by atoms with Crippen molar-refractivity contribution in [2.75, 3.05) is 10.7 Å². The fourth-order valence-corrected chi connectivity index (χ4v) is 5.48. The van der Waals surface area contributed by atoms with Gasteiger partial charge in [0.2, 0.25) is 5.91 Å². The Balaban J connectivity index is 1.37. The Kier molecular flexibility index (Phi) is 5.55. The van der Waals surface area contributed by atoms with E-state index in [1.165, 1.54) is 35.2 Å². The Hall–Kier alpha value is -2.64. The smallest absolute Gasteiger partial charge is 0.257 e. The number of thioether (sulfide) groups is 1. The number of aromatic nitrogens is 2. The summed E-state index contributed by atoms with van der Waals surface area (Å²) >= 11 is 2.99. The van der Waals surface area contributed by atoms with Crippen LogP contribution in [0.3, 0.4) is 0 Å². The van der Waals surface area contributed by atoms with E-state index in [9.17, 15) is 4.79 Å². The van der Waals surface area contributed by atoms with Crippen molar-refractivity contribution in [1.82, 2.24) is 9.97 Å². The van der Waals surface area contributed by atoms with Crippen LogP contribution >= 0.6 is 23.1 Å². The monoisotopic (exact) mass is 435 g/mol. The second-order valence-corrected chi connectivity index (χ2v) is 9.26. The van der Waals surface area contributed by atoms with Gasteiger partial charge in [-0.1, -0.05) is 54.2 Å². The van der Waals surface area contributed by atoms with Gasteiger partial charge in [-0.25, -0.2) is 9.97 Å². The standard InChI is InChI=1S/C23H21N3O2S2/c27-21(15-29-23-25-17-10-4-6-12-19(17)28-23)26(14-16-8-2-1-3-9-16)22-24-18-11-5-7-13-20(18)30-22/h1-4,6,8-10,12H,5,7,11,13-15H2. The first-order chi connectivity index (χ1) is 14.8. The van der Waals surface area contributed by atoms with Crippen LogP contribution in [0.15, 0.2) is 64.2 Å². The van der Waals surface area contributed by atoms with E-state index >= 15 is 0 Å². The molecular formula is C23H21N3O2S2. The van der Waals surface area contributed by atoms with Gasteiger partial charge in [0.1, 0.15) is 5.52 Å². The second-order valence-electron chi connectivity index (χ2n) is 7.28. The minimum absolute atomic E-state index is 0.0113. The molecule has 2 heterocycles. The van der Waals surface area contributed by atoms with Gasteiger partial charge in [0.05, 0.1) is 18.0 Å². The molecule has 152 valence electrons. The lowest BCUT2D eigenvalue weighted by molar-refractivity contribution is -0.116. The van der Waals surface area contributed by atoms with E-state index in [-0.39, 0.29) is 11.7 Å². The van der Waals surface area contributed by atoms with Crippen LogP contribution in [-0.2, 0) is 24.2 Å². The molecule has 5 nitrogen and oxygen atoms in total. The molecule has 0 N–H and O–H groups in total. The largest absolute Gasteiger partial charge is 0.431 e. The van der Waals surface area contributed by atoms with E-state index in [0.717, 1.165) is 34.6 Å². The minimum Gasteiger partial charge on any atom is -0.431 e. The summed E-state index contributed by atoms with van der Waals surface area (Å²) in [5.74, 6) is 0.265. The molecule has 0 spiro atoms. The normalized spacial score (nSPS) is 13.3. The van der Waals surface area contributed by atoms with Gasteiger partial charge in [-0.3, -0.25) is 9.69 Å². The van der Waals surface area contributed by atoms with Crippen molar-refractivity contribution in [3.8, 4) is 0 Å². The first-order valence-corrected chi connectivity index (χ1v) is 11.9. The highest BCUT2D eigenvalue weighted by Crippen LogP contribution is 2.33. The quantitative estimate of drug-likeness (QED) is 0.375. The molecule has 0 fully saturated rings. The number of amides is 1. The number of fused-ring (bicyclic) bond motifs is 2. The van der Waals surface area contributed by atoms with Gasteiger partial charge >= 0.3 is 0 Å². The Morgan fingerprint density at radius 3 is 2.67 bits per heavy atom. The summed E-state index contributed by atoms with van der Waals surface area (Å²) in [6, 6.07) is 17.7. The molecule has 0 saturated heterocycles. The summed E-state index contributed by atoms with van der Waals surface area (Å²) in [7, 11) is 0. The van der Waals surface area contributed by atoms with Gasteiger partial charge in [0.15, 0.2) is 10.7 Å². The van der Waals surface area contributed by atoms with Crippen LogP contribution < -0.4 is 4.90 Å². The number of benzene rings is 2. The molecule has 1 amide bonds. The molecule has 5 rings (SSSR count). The summed E-state index contributed by atoms with van der Waals surface area (Å²) < 4.78 is 5.76. The van der Waals surface area contributed by atoms with E-state index in [2.05, 4.69) is 4.98 Å². The number of carbonyl (C=O) groups is 1. The number of thiazole rings is 1. The van der Waals surface area contributed by atoms with Crippen molar-refractivity contribution in [2.24, 2.45) is 0 Å². The predicted octanol–water partition coefficient (Wildman–Crippen LogP) is 5.49. The topological polar surface area (TPSA) is 59.2 Å². The average Bonchev–Trinajstić information content (AvgIpc) is 3.40. The van der Waals surface area contributed by atoms with E-state index in [4.69, 9.17) is 9.40 Å². The first kappa shape index (κ1) is 19.3. The van der Waals surface area contributed by atoms with Crippen molar-refractivity contribution >= 4 is 45.2 Å². The molecule has 1 aliphatic rings. The van der Waals surface area contributed by atoms with Crippen molar-refractivity contribution in [2.45, 2.75) is 37.5 Å². The molecule has 2 aromatic carbocycles. The van der Waals surface area contributed by atoms with Crippen LogP contribution in [-0.4, -0.2) is 21.6 Å². The Morgan fingerprint density at radius 2 is 1.83 bits per heavy atom. The fraction of sp³-hybridized carbons (Fsp3) is 0.261. The van der Waals surface area contributed by atoms with E-state index in [0.29, 0.717) is 11.8 Å². The van der Waals surface area contributed by atoms with Gasteiger partial charge in [-0.2, -0.15) is 0 Å². The predicted molar refractivity (Wildman–Crippen MR) is 121 cm³/mol. The minimum atomic E-state index is 0.0113. The summed E-state index contributed by atoms with van der Waals surface area (Å²) in [5.41, 5.74) is 3.80. The lowest BCUT2D eigenvalue weighted by atomic mass is 10.0. The van der Waals surface area contributed by atoms with Crippen molar-refractivity contribution in [3.63, 3.8) is 0 Å². The summed E-state index contributed by atoms with van der Waals surface area (Å²) in [4.78, 5) is 25.7. The van der Waals surface area contributed by atoms with Crippen molar-refractivity contribution < 1.29 is 9.21 Å². The van der Waals surface area contributed by atoms with Gasteiger partial charge in [-0.05, 0) is 43.4 Å². The molecular weight excluding hydrogens is 414 g/mol. The average molecular weight is 436 g/mol. The molecule has 0 atom stereocenters. The Bertz CT molecular complexity index is 1110. The molecule has 0 unspecified atom stereocenters. The van der Waals surface area contributed by atoms with Crippen LogP contribution in [0.2, 0.25) is 0 Å². The highest BCUT2D eigenvalue weighted by Gasteiger charge is 2.24. The van der Waals surface area contributed by atoms with E-state index in [1.807, 2.05) is 59.5 Å². The lowest BCUT2D eigenvalue weighted by Crippen LogP contribution is -2.31. The third-order valence-electron chi connectivity index (χ3n) is 5.14. The molecule has 4 aromatic rings. The molecule has 30 heavy (non-hydrogen) atoms. The fourth-order valence-electron chi connectivity index (χ4n) is 3.60. The van der Waals surface area contributed by atoms with Crippen LogP contribution in [0.5, 0.6) is 0 Å². The molecule has 0 bridgehead atoms. The molecule has 1 aliphatic carbocycles. The van der Waals surface area contributed by atoms with E-state index < -0.39 is 0 Å². The number of oxazole rings is 1. The van der Waals surface area contributed by atoms with Gasteiger partial charge in [-0.15, -0.1) is 11.3 Å². The van der Waals surface area contributed by atoms with Crippen LogP contribution in [0, 0.1) is 0 Å². The number of para-hydroxylation sites is 2. The number of hydrogen-bond acceptors (Lipinski definition) is 6. The SMILES string of the molecule is O=C(CSc1nc2ccccc2o1)N(Cc1ccccc1)c1nc2c(s1)CCCC2. The maximum Gasteiger partial charge on any atom is 0.257 e. The Labute approximate surface area is 183 Å². The van der Waals surface area contributed by atoms with E-state index in [1.54, 1.807) is 11.3 Å². The third-order valence-corrected chi connectivity index (χ3v) is 7.14. The van der Waals surface area contributed by atoms with Gasteiger partial charge < -0.3 is 4.42 Å². The highest BCUT2D eigenvalue weighted by molar-refractivity contribution is 7.99. The highest BCUT2D eigenvalue weighted by atomic mass is 32.2. The molecule has 0 radical (unpaired) electrons. The number of aryl methyl sites for hydroxylation is 2. The number of carbonyl (C=O) groups excluding carboxylic acids is 1. The third kappa shape index (κ3) is 4.13. The number of hydrogen-bond donors (Lipinski definition) is 0. The number of nitrogens with zero attached hydrogens (tertiary/aromatic N) is 3.